The third-order valence-electron chi connectivity index (χ3n) is 2.22. The van der Waals surface area contributed by atoms with E-state index < -0.39 is 0 Å². The summed E-state index contributed by atoms with van der Waals surface area (Å²) < 4.78 is 0. The normalized spacial score (nSPS) is 12.9. The Morgan fingerprint density at radius 1 is 1.40 bits per heavy atom. The number of nitrogens with one attached hydrogen (secondary N) is 1. The number of thioether (sulfide) groups is 1. The van der Waals surface area contributed by atoms with Gasteiger partial charge in [-0.05, 0) is 47.5 Å². The van der Waals surface area contributed by atoms with Crippen molar-refractivity contribution in [2.24, 2.45) is 0 Å². The fourth-order valence-electron chi connectivity index (χ4n) is 1.41. The van der Waals surface area contributed by atoms with Gasteiger partial charge in [-0.25, -0.2) is 0 Å². The van der Waals surface area contributed by atoms with Crippen molar-refractivity contribution in [1.29, 1.82) is 0 Å². The predicted molar refractivity (Wildman–Crippen MR) is 73.0 cm³/mol. The van der Waals surface area contributed by atoms with Crippen molar-refractivity contribution in [2.45, 2.75) is 32.7 Å². The van der Waals surface area contributed by atoms with Crippen molar-refractivity contribution in [1.82, 2.24) is 5.32 Å². The topological polar surface area (TPSA) is 12.0 Å². The summed E-state index contributed by atoms with van der Waals surface area (Å²) in [6.07, 6.45) is 2.48. The van der Waals surface area contributed by atoms with Crippen molar-refractivity contribution in [3.05, 3.63) is 22.4 Å². The standard InChI is InChI=1S/C12H21NS2/c1-3-6-13-12(10-14-7-4-2)11-5-8-15-9-11/h5,8-9,12-13H,3-4,6-7,10H2,1-2H3. The Labute approximate surface area is 102 Å². The van der Waals surface area contributed by atoms with Gasteiger partial charge in [0.1, 0.15) is 0 Å². The maximum Gasteiger partial charge on any atom is 0.0420 e. The van der Waals surface area contributed by atoms with E-state index in [1.807, 2.05) is 0 Å². The van der Waals surface area contributed by atoms with Gasteiger partial charge in [-0.3, -0.25) is 0 Å². The molecule has 0 fully saturated rings. The van der Waals surface area contributed by atoms with Crippen molar-refractivity contribution in [3.8, 4) is 0 Å². The summed E-state index contributed by atoms with van der Waals surface area (Å²) in [5.41, 5.74) is 1.46. The molecule has 0 amide bonds. The van der Waals surface area contributed by atoms with E-state index in [1.54, 1.807) is 11.3 Å². The second kappa shape index (κ2) is 8.20. The highest BCUT2D eigenvalue weighted by atomic mass is 32.2. The largest absolute Gasteiger partial charge is 0.309 e. The van der Waals surface area contributed by atoms with Crippen LogP contribution in [-0.4, -0.2) is 18.1 Å². The first-order chi connectivity index (χ1) is 7.38. The van der Waals surface area contributed by atoms with E-state index in [0.29, 0.717) is 6.04 Å². The Hall–Kier alpha value is 0.01000. The average Bonchev–Trinajstić information content (AvgIpc) is 2.76. The maximum absolute atomic E-state index is 3.62. The van der Waals surface area contributed by atoms with Crippen molar-refractivity contribution < 1.29 is 0 Å². The van der Waals surface area contributed by atoms with Gasteiger partial charge in [0.25, 0.3) is 0 Å². The minimum Gasteiger partial charge on any atom is -0.309 e. The number of hydrogen-bond acceptors (Lipinski definition) is 3. The van der Waals surface area contributed by atoms with E-state index in [0.717, 1.165) is 6.54 Å². The fraction of sp³-hybridized carbons (Fsp3) is 0.667. The molecule has 1 aromatic heterocycles. The molecular weight excluding hydrogens is 222 g/mol. The number of hydrogen-bond donors (Lipinski definition) is 1. The van der Waals surface area contributed by atoms with Crippen molar-refractivity contribution in [2.75, 3.05) is 18.1 Å². The van der Waals surface area contributed by atoms with Crippen LogP contribution in [0.5, 0.6) is 0 Å². The lowest BCUT2D eigenvalue weighted by atomic mass is 10.2. The van der Waals surface area contributed by atoms with Crippen LogP contribution in [-0.2, 0) is 0 Å². The number of rotatable bonds is 8. The van der Waals surface area contributed by atoms with Crippen LogP contribution < -0.4 is 5.32 Å². The van der Waals surface area contributed by atoms with Crippen LogP contribution >= 0.6 is 23.1 Å². The van der Waals surface area contributed by atoms with Gasteiger partial charge in [0.2, 0.25) is 0 Å². The molecule has 0 saturated heterocycles. The lowest BCUT2D eigenvalue weighted by Crippen LogP contribution is -2.23. The Bertz CT molecular complexity index is 234. The highest BCUT2D eigenvalue weighted by Gasteiger charge is 2.10. The lowest BCUT2D eigenvalue weighted by molar-refractivity contribution is 0.579. The van der Waals surface area contributed by atoms with Crippen LogP contribution in [0, 0.1) is 0 Å². The molecule has 0 radical (unpaired) electrons. The first-order valence-electron chi connectivity index (χ1n) is 5.71. The summed E-state index contributed by atoms with van der Waals surface area (Å²) in [5.74, 6) is 2.47. The van der Waals surface area contributed by atoms with Gasteiger partial charge in [-0.15, -0.1) is 0 Å². The molecule has 0 saturated carbocycles. The third kappa shape index (κ3) is 5.05. The molecule has 0 bridgehead atoms. The molecule has 1 N–H and O–H groups in total. The van der Waals surface area contributed by atoms with Crippen molar-refractivity contribution >= 4 is 23.1 Å². The molecule has 1 unspecified atom stereocenters. The van der Waals surface area contributed by atoms with Gasteiger partial charge < -0.3 is 5.32 Å². The van der Waals surface area contributed by atoms with E-state index in [2.05, 4.69) is 47.8 Å². The van der Waals surface area contributed by atoms with Crippen LogP contribution in [0.25, 0.3) is 0 Å². The summed E-state index contributed by atoms with van der Waals surface area (Å²) >= 11 is 3.84. The van der Waals surface area contributed by atoms with E-state index in [1.165, 1.54) is 29.9 Å². The third-order valence-corrected chi connectivity index (χ3v) is 4.19. The Balaban J connectivity index is 2.39. The second-order valence-corrected chi connectivity index (χ2v) is 5.57. The molecule has 1 rings (SSSR count). The predicted octanol–water partition coefficient (Wildman–Crippen LogP) is 3.93. The van der Waals surface area contributed by atoms with Crippen molar-refractivity contribution in [3.63, 3.8) is 0 Å². The van der Waals surface area contributed by atoms with Crippen LogP contribution in [0.15, 0.2) is 16.8 Å². The molecule has 1 aromatic rings. The highest BCUT2D eigenvalue weighted by molar-refractivity contribution is 7.99. The summed E-state index contributed by atoms with van der Waals surface area (Å²) in [7, 11) is 0. The summed E-state index contributed by atoms with van der Waals surface area (Å²) in [6.45, 7) is 5.58. The molecule has 0 aliphatic heterocycles. The van der Waals surface area contributed by atoms with Crippen LogP contribution in [0.1, 0.15) is 38.3 Å². The minimum atomic E-state index is 0.549. The van der Waals surface area contributed by atoms with Gasteiger partial charge >= 0.3 is 0 Å². The molecular formula is C12H21NS2. The summed E-state index contributed by atoms with van der Waals surface area (Å²) in [4.78, 5) is 0. The zero-order valence-electron chi connectivity index (χ0n) is 9.66. The van der Waals surface area contributed by atoms with E-state index in [-0.39, 0.29) is 0 Å². The molecule has 1 atom stereocenters. The Morgan fingerprint density at radius 3 is 2.87 bits per heavy atom. The van der Waals surface area contributed by atoms with Gasteiger partial charge in [-0.1, -0.05) is 13.8 Å². The van der Waals surface area contributed by atoms with E-state index in [4.69, 9.17) is 0 Å². The van der Waals surface area contributed by atoms with E-state index in [9.17, 15) is 0 Å². The van der Waals surface area contributed by atoms with E-state index >= 15 is 0 Å². The molecule has 0 aliphatic carbocycles. The molecule has 0 spiro atoms. The van der Waals surface area contributed by atoms with Crippen LogP contribution in [0.3, 0.4) is 0 Å². The van der Waals surface area contributed by atoms with Gasteiger partial charge in [0, 0.05) is 11.8 Å². The minimum absolute atomic E-state index is 0.549. The monoisotopic (exact) mass is 243 g/mol. The lowest BCUT2D eigenvalue weighted by Gasteiger charge is -2.16. The summed E-state index contributed by atoms with van der Waals surface area (Å²) in [5, 5.41) is 8.05. The van der Waals surface area contributed by atoms with Crippen LogP contribution in [0.2, 0.25) is 0 Å². The zero-order valence-corrected chi connectivity index (χ0v) is 11.3. The average molecular weight is 243 g/mol. The first-order valence-corrected chi connectivity index (χ1v) is 7.81. The maximum atomic E-state index is 3.62. The van der Waals surface area contributed by atoms with Crippen LogP contribution in [0.4, 0.5) is 0 Å². The molecule has 86 valence electrons. The molecule has 1 nitrogen and oxygen atoms in total. The van der Waals surface area contributed by atoms with Gasteiger partial charge in [0.05, 0.1) is 0 Å². The van der Waals surface area contributed by atoms with Gasteiger partial charge in [-0.2, -0.15) is 23.1 Å². The smallest absolute Gasteiger partial charge is 0.0420 e. The molecule has 15 heavy (non-hydrogen) atoms. The second-order valence-electron chi connectivity index (χ2n) is 3.64. The Kier molecular flexibility index (Phi) is 7.14. The number of thiophene rings is 1. The quantitative estimate of drug-likeness (QED) is 0.694. The highest BCUT2D eigenvalue weighted by Crippen LogP contribution is 2.21. The zero-order chi connectivity index (χ0) is 10.9. The summed E-state index contributed by atoms with van der Waals surface area (Å²) in [6, 6.07) is 2.79. The Morgan fingerprint density at radius 2 is 2.27 bits per heavy atom. The molecule has 0 aliphatic rings. The molecule has 1 heterocycles. The molecule has 0 aromatic carbocycles. The SMILES string of the molecule is CCCNC(CSCCC)c1ccsc1. The molecule has 3 heteroatoms. The first kappa shape index (κ1) is 13.1. The fourth-order valence-corrected chi connectivity index (χ4v) is 3.13. The van der Waals surface area contributed by atoms with Gasteiger partial charge in [0.15, 0.2) is 0 Å².